The van der Waals surface area contributed by atoms with Crippen molar-refractivity contribution >= 4 is 19.8 Å². The van der Waals surface area contributed by atoms with E-state index in [0.717, 1.165) is 32.1 Å². The van der Waals surface area contributed by atoms with Gasteiger partial charge in [-0.15, -0.1) is 0 Å². The lowest BCUT2D eigenvalue weighted by Gasteiger charge is -2.41. The predicted octanol–water partition coefficient (Wildman–Crippen LogP) is 14.1. The van der Waals surface area contributed by atoms with Gasteiger partial charge in [0.1, 0.15) is 43.2 Å². The smallest absolute Gasteiger partial charge is 0.462 e. The summed E-state index contributed by atoms with van der Waals surface area (Å²) in [6.45, 7) is 3.35. The molecular formula is C58H111O13P. The Hall–Kier alpha value is -1.41. The Balaban J connectivity index is 2.31. The number of ether oxygens (including phenoxy) is 2. The van der Waals surface area contributed by atoms with Crippen LogP contribution < -0.4 is 0 Å². The van der Waals surface area contributed by atoms with Gasteiger partial charge in [-0.2, -0.15) is 0 Å². The minimum absolute atomic E-state index is 0.0983. The fourth-order valence-corrected chi connectivity index (χ4v) is 10.6. The Morgan fingerprint density at radius 2 is 0.722 bits per heavy atom. The summed E-state index contributed by atoms with van der Waals surface area (Å²) in [5.74, 6) is -1.12. The molecule has 0 radical (unpaired) electrons. The second kappa shape index (κ2) is 48.0. The van der Waals surface area contributed by atoms with Gasteiger partial charge in [0.15, 0.2) is 6.10 Å². The van der Waals surface area contributed by atoms with Crippen LogP contribution in [-0.4, -0.2) is 98.3 Å². The van der Waals surface area contributed by atoms with E-state index in [1.807, 2.05) is 0 Å². The number of phosphoric ester groups is 1. The predicted molar refractivity (Wildman–Crippen MR) is 291 cm³/mol. The van der Waals surface area contributed by atoms with E-state index in [1.165, 1.54) is 212 Å². The van der Waals surface area contributed by atoms with E-state index in [-0.39, 0.29) is 12.8 Å². The molecule has 0 saturated heterocycles. The van der Waals surface area contributed by atoms with Crippen LogP contribution in [0.3, 0.4) is 0 Å². The van der Waals surface area contributed by atoms with E-state index in [1.54, 1.807) is 0 Å². The quantitative estimate of drug-likeness (QED) is 0.0145. The number of hydrogen-bond donors (Lipinski definition) is 6. The second-order valence-electron chi connectivity index (χ2n) is 21.2. The minimum Gasteiger partial charge on any atom is -0.462 e. The van der Waals surface area contributed by atoms with E-state index in [2.05, 4.69) is 26.0 Å². The molecule has 0 bridgehead atoms. The van der Waals surface area contributed by atoms with Gasteiger partial charge < -0.3 is 39.9 Å². The summed E-state index contributed by atoms with van der Waals surface area (Å²) in [6.07, 6.45) is 42.7. The molecule has 0 aliphatic heterocycles. The molecular weight excluding hydrogens is 936 g/mol. The lowest BCUT2D eigenvalue weighted by molar-refractivity contribution is -0.220. The molecule has 6 unspecified atom stereocenters. The molecule has 0 amide bonds. The summed E-state index contributed by atoms with van der Waals surface area (Å²) < 4.78 is 33.7. The van der Waals surface area contributed by atoms with Crippen molar-refractivity contribution in [3.63, 3.8) is 0 Å². The molecule has 0 aromatic heterocycles. The first kappa shape index (κ1) is 68.6. The van der Waals surface area contributed by atoms with E-state index in [0.29, 0.717) is 19.3 Å². The van der Waals surface area contributed by atoms with Crippen molar-refractivity contribution in [2.75, 3.05) is 13.2 Å². The van der Waals surface area contributed by atoms with E-state index in [9.17, 15) is 44.6 Å². The lowest BCUT2D eigenvalue weighted by Crippen LogP contribution is -2.64. The Kier molecular flexibility index (Phi) is 45.7. The molecule has 0 aromatic rings. The standard InChI is InChI=1S/C58H111O13P/c1-3-5-7-9-11-13-15-17-19-21-23-25-26-27-29-30-32-34-36-38-40-42-44-46-51(59)68-48-50(49-69-72(66,67)71-58-56(64)54(62)53(61)55(63)57(58)65)70-52(60)47-45-43-41-39-37-35-33-31-28-24-22-20-18-16-14-12-10-8-6-4-2/h38,40,50,53-58,61-65H,3-37,39,41-49H2,1-2H3,(H,66,67)/b40-38+/t50-,53?,54-,55?,56?,57?,58?/m0/s1. The summed E-state index contributed by atoms with van der Waals surface area (Å²) in [5, 5.41) is 50.4. The third kappa shape index (κ3) is 39.0. The maximum absolute atomic E-state index is 12.9. The monoisotopic (exact) mass is 1050 g/mol. The summed E-state index contributed by atoms with van der Waals surface area (Å²) in [7, 11) is -5.13. The van der Waals surface area contributed by atoms with Crippen LogP contribution in [0.4, 0.5) is 0 Å². The van der Waals surface area contributed by atoms with Gasteiger partial charge in [-0.3, -0.25) is 18.6 Å². The molecule has 1 rings (SSSR count). The normalized spacial score (nSPS) is 20.5. The maximum atomic E-state index is 12.9. The van der Waals surface area contributed by atoms with Gasteiger partial charge >= 0.3 is 19.8 Å². The molecule has 0 aromatic carbocycles. The summed E-state index contributed by atoms with van der Waals surface area (Å²) >= 11 is 0. The number of unbranched alkanes of at least 4 members (excludes halogenated alkanes) is 38. The number of rotatable bonds is 52. The summed E-state index contributed by atoms with van der Waals surface area (Å²) in [6, 6.07) is 0. The Labute approximate surface area is 439 Å². The maximum Gasteiger partial charge on any atom is 0.472 e. The molecule has 13 nitrogen and oxygen atoms in total. The van der Waals surface area contributed by atoms with Crippen LogP contribution in [0.5, 0.6) is 0 Å². The highest BCUT2D eigenvalue weighted by atomic mass is 31.2. The average Bonchev–Trinajstić information content (AvgIpc) is 3.36. The number of carbonyl (C=O) groups is 2. The highest BCUT2D eigenvalue weighted by molar-refractivity contribution is 7.47. The zero-order valence-corrected chi connectivity index (χ0v) is 46.9. The van der Waals surface area contributed by atoms with Gasteiger partial charge in [0.05, 0.1) is 6.61 Å². The van der Waals surface area contributed by atoms with Crippen LogP contribution in [-0.2, 0) is 32.7 Å². The van der Waals surface area contributed by atoms with Crippen molar-refractivity contribution in [3.8, 4) is 0 Å². The van der Waals surface area contributed by atoms with Crippen LogP contribution in [0.15, 0.2) is 12.2 Å². The van der Waals surface area contributed by atoms with Gasteiger partial charge in [-0.25, -0.2) is 4.57 Å². The Morgan fingerprint density at radius 1 is 0.417 bits per heavy atom. The van der Waals surface area contributed by atoms with E-state index >= 15 is 0 Å². The van der Waals surface area contributed by atoms with Crippen molar-refractivity contribution in [1.82, 2.24) is 0 Å². The highest BCUT2D eigenvalue weighted by Gasteiger charge is 2.51. The van der Waals surface area contributed by atoms with Crippen molar-refractivity contribution in [1.29, 1.82) is 0 Å². The molecule has 1 saturated carbocycles. The third-order valence-electron chi connectivity index (χ3n) is 14.4. The zero-order valence-electron chi connectivity index (χ0n) is 46.0. The van der Waals surface area contributed by atoms with Crippen molar-refractivity contribution in [3.05, 3.63) is 12.2 Å². The minimum atomic E-state index is -5.13. The molecule has 72 heavy (non-hydrogen) atoms. The van der Waals surface area contributed by atoms with Gasteiger partial charge in [0.25, 0.3) is 0 Å². The average molecular weight is 1050 g/mol. The number of phosphoric acid groups is 1. The molecule has 6 N–H and O–H groups in total. The molecule has 14 heteroatoms. The van der Waals surface area contributed by atoms with Crippen LogP contribution >= 0.6 is 7.82 Å². The topological polar surface area (TPSA) is 210 Å². The molecule has 1 aliphatic rings. The first-order valence-corrected chi connectivity index (χ1v) is 31.5. The van der Waals surface area contributed by atoms with Gasteiger partial charge in [0.2, 0.25) is 0 Å². The zero-order chi connectivity index (χ0) is 52.8. The number of carbonyl (C=O) groups excluding carboxylic acids is 2. The second-order valence-corrected chi connectivity index (χ2v) is 22.6. The number of allylic oxidation sites excluding steroid dienone is 2. The number of hydrogen-bond acceptors (Lipinski definition) is 12. The van der Waals surface area contributed by atoms with E-state index < -0.39 is 75.7 Å². The first-order valence-electron chi connectivity index (χ1n) is 30.0. The third-order valence-corrected chi connectivity index (χ3v) is 15.3. The van der Waals surface area contributed by atoms with Crippen LogP contribution in [0.2, 0.25) is 0 Å². The molecule has 426 valence electrons. The van der Waals surface area contributed by atoms with E-state index in [4.69, 9.17) is 18.5 Å². The number of aliphatic hydroxyl groups excluding tert-OH is 5. The summed E-state index contributed by atoms with van der Waals surface area (Å²) in [5.41, 5.74) is 0. The van der Waals surface area contributed by atoms with Crippen LogP contribution in [0.1, 0.15) is 290 Å². The van der Waals surface area contributed by atoms with Crippen molar-refractivity contribution < 1.29 is 63.1 Å². The fourth-order valence-electron chi connectivity index (χ4n) is 9.59. The van der Waals surface area contributed by atoms with Crippen molar-refractivity contribution in [2.24, 2.45) is 0 Å². The van der Waals surface area contributed by atoms with Crippen molar-refractivity contribution in [2.45, 2.75) is 333 Å². The molecule has 8 atom stereocenters. The lowest BCUT2D eigenvalue weighted by atomic mass is 9.85. The Morgan fingerprint density at radius 3 is 1.10 bits per heavy atom. The van der Waals surface area contributed by atoms with Gasteiger partial charge in [-0.05, 0) is 32.1 Å². The molecule has 1 fully saturated rings. The SMILES string of the molecule is CCCCCCCCCCCCCCCCCCCC/C=C/CCCC(=O)OC[C@@H](COP(=O)(O)OC1C(O)C(O)C(O)[C@H](O)C1O)OC(=O)CCCCCCCCCCCCCCCCCCCCCC. The van der Waals surface area contributed by atoms with Gasteiger partial charge in [-0.1, -0.05) is 257 Å². The molecule has 0 heterocycles. The highest BCUT2D eigenvalue weighted by Crippen LogP contribution is 2.47. The Bertz CT molecular complexity index is 1300. The first-order chi connectivity index (χ1) is 34.9. The fraction of sp³-hybridized carbons (Fsp3) is 0.931. The molecule has 1 aliphatic carbocycles. The van der Waals surface area contributed by atoms with Crippen LogP contribution in [0.25, 0.3) is 0 Å². The van der Waals surface area contributed by atoms with Crippen LogP contribution in [0, 0.1) is 0 Å². The van der Waals surface area contributed by atoms with Gasteiger partial charge in [0, 0.05) is 12.8 Å². The summed E-state index contributed by atoms with van der Waals surface area (Å²) in [4.78, 5) is 36.0. The number of esters is 2. The number of aliphatic hydroxyl groups is 5. The largest absolute Gasteiger partial charge is 0.472 e. The molecule has 0 spiro atoms.